The summed E-state index contributed by atoms with van der Waals surface area (Å²) in [7, 11) is 0. The average molecular weight is 292 g/mol. The second-order valence-corrected chi connectivity index (χ2v) is 7.21. The predicted octanol–water partition coefficient (Wildman–Crippen LogP) is 2.47. The van der Waals surface area contributed by atoms with Gasteiger partial charge in [-0.25, -0.2) is 0 Å². The summed E-state index contributed by atoms with van der Waals surface area (Å²) >= 11 is 0. The van der Waals surface area contributed by atoms with E-state index in [0.29, 0.717) is 5.92 Å². The van der Waals surface area contributed by atoms with Crippen LogP contribution in [0.3, 0.4) is 0 Å². The maximum atomic E-state index is 12.8. The van der Waals surface area contributed by atoms with Crippen LogP contribution in [0, 0.1) is 11.8 Å². The Labute approximate surface area is 127 Å². The molecule has 1 N–H and O–H groups in total. The summed E-state index contributed by atoms with van der Waals surface area (Å²) in [6, 6.07) is -0.241. The number of piperazine rings is 1. The van der Waals surface area contributed by atoms with Crippen LogP contribution in [0.1, 0.15) is 65.2 Å². The number of carbonyl (C=O) groups is 2. The van der Waals surface area contributed by atoms with Gasteiger partial charge >= 0.3 is 0 Å². The molecule has 0 bridgehead atoms. The molecule has 3 fully saturated rings. The zero-order valence-electron chi connectivity index (χ0n) is 13.3. The van der Waals surface area contributed by atoms with Crippen LogP contribution in [0.5, 0.6) is 0 Å². The van der Waals surface area contributed by atoms with Crippen LogP contribution in [-0.2, 0) is 9.59 Å². The summed E-state index contributed by atoms with van der Waals surface area (Å²) in [5.41, 5.74) is 0. The van der Waals surface area contributed by atoms with Crippen molar-refractivity contribution in [1.29, 1.82) is 0 Å². The van der Waals surface area contributed by atoms with Crippen LogP contribution in [0.2, 0.25) is 0 Å². The van der Waals surface area contributed by atoms with E-state index in [1.807, 2.05) is 11.8 Å². The lowest BCUT2D eigenvalue weighted by Gasteiger charge is -2.44. The Bertz CT molecular complexity index is 411. The lowest BCUT2D eigenvalue weighted by molar-refractivity contribution is -0.153. The quantitative estimate of drug-likeness (QED) is 0.865. The number of hydrogen-bond donors (Lipinski definition) is 1. The predicted molar refractivity (Wildman–Crippen MR) is 81.6 cm³/mol. The molecule has 3 aliphatic rings. The van der Waals surface area contributed by atoms with Crippen molar-refractivity contribution in [2.45, 2.75) is 83.3 Å². The van der Waals surface area contributed by atoms with Crippen LogP contribution in [0.15, 0.2) is 0 Å². The van der Waals surface area contributed by atoms with Crippen molar-refractivity contribution in [3.63, 3.8) is 0 Å². The highest BCUT2D eigenvalue weighted by Crippen LogP contribution is 2.37. The summed E-state index contributed by atoms with van der Waals surface area (Å²) in [5, 5.41) is 2.95. The maximum Gasteiger partial charge on any atom is 0.246 e. The van der Waals surface area contributed by atoms with Crippen molar-refractivity contribution in [3.8, 4) is 0 Å². The smallest absolute Gasteiger partial charge is 0.246 e. The highest BCUT2D eigenvalue weighted by Gasteiger charge is 2.47. The minimum Gasteiger partial charge on any atom is -0.342 e. The van der Waals surface area contributed by atoms with Gasteiger partial charge in [-0.2, -0.15) is 0 Å². The van der Waals surface area contributed by atoms with E-state index in [9.17, 15) is 9.59 Å². The van der Waals surface area contributed by atoms with Gasteiger partial charge in [-0.1, -0.05) is 19.8 Å². The van der Waals surface area contributed by atoms with Gasteiger partial charge in [0.2, 0.25) is 11.8 Å². The number of rotatable bonds is 4. The third-order valence-electron chi connectivity index (χ3n) is 5.61. The summed E-state index contributed by atoms with van der Waals surface area (Å²) < 4.78 is 0. The van der Waals surface area contributed by atoms with Gasteiger partial charge in [-0.3, -0.25) is 9.59 Å². The fourth-order valence-corrected chi connectivity index (χ4v) is 4.18. The van der Waals surface area contributed by atoms with E-state index in [-0.39, 0.29) is 29.9 Å². The van der Waals surface area contributed by atoms with Crippen molar-refractivity contribution in [3.05, 3.63) is 0 Å². The van der Waals surface area contributed by atoms with E-state index in [1.165, 1.54) is 25.7 Å². The second-order valence-electron chi connectivity index (χ2n) is 7.21. The monoisotopic (exact) mass is 292 g/mol. The third-order valence-corrected chi connectivity index (χ3v) is 5.61. The van der Waals surface area contributed by atoms with Gasteiger partial charge < -0.3 is 10.2 Å². The van der Waals surface area contributed by atoms with Crippen LogP contribution in [-0.4, -0.2) is 34.8 Å². The second kappa shape index (κ2) is 5.98. The van der Waals surface area contributed by atoms with Crippen molar-refractivity contribution in [2.75, 3.05) is 0 Å². The summed E-state index contributed by atoms with van der Waals surface area (Å²) in [6.45, 7) is 4.13. The van der Waals surface area contributed by atoms with Gasteiger partial charge in [0.1, 0.15) is 12.1 Å². The Hall–Kier alpha value is -1.06. The van der Waals surface area contributed by atoms with Gasteiger partial charge in [0.25, 0.3) is 0 Å². The van der Waals surface area contributed by atoms with E-state index in [4.69, 9.17) is 0 Å². The van der Waals surface area contributed by atoms with Crippen molar-refractivity contribution >= 4 is 11.8 Å². The Morgan fingerprint density at radius 2 is 1.76 bits per heavy atom. The third kappa shape index (κ3) is 2.95. The first-order chi connectivity index (χ1) is 10.1. The zero-order chi connectivity index (χ0) is 15.0. The molecule has 0 aromatic rings. The summed E-state index contributed by atoms with van der Waals surface area (Å²) in [6.07, 6.45) is 9.30. The van der Waals surface area contributed by atoms with Gasteiger partial charge in [0.05, 0.1) is 0 Å². The molecule has 1 saturated heterocycles. The molecule has 2 atom stereocenters. The summed E-state index contributed by atoms with van der Waals surface area (Å²) in [4.78, 5) is 26.9. The van der Waals surface area contributed by atoms with Gasteiger partial charge in [-0.05, 0) is 57.3 Å². The molecular formula is C17H28N2O2. The number of nitrogens with zero attached hydrogens (tertiary/aromatic N) is 1. The molecule has 2 amide bonds. The topological polar surface area (TPSA) is 49.4 Å². The number of amides is 2. The van der Waals surface area contributed by atoms with Gasteiger partial charge in [0, 0.05) is 6.04 Å². The minimum atomic E-state index is -0.291. The zero-order valence-corrected chi connectivity index (χ0v) is 13.3. The Kier molecular flexibility index (Phi) is 4.23. The molecule has 0 radical (unpaired) electrons. The minimum absolute atomic E-state index is 0.0437. The molecule has 0 aromatic carbocycles. The van der Waals surface area contributed by atoms with E-state index >= 15 is 0 Å². The molecule has 21 heavy (non-hydrogen) atoms. The maximum absolute atomic E-state index is 12.8. The lowest BCUT2D eigenvalue weighted by atomic mass is 9.82. The normalized spacial score (nSPS) is 37.5. The van der Waals surface area contributed by atoms with Gasteiger partial charge in [-0.15, -0.1) is 0 Å². The standard InChI is InChI=1S/C17H28N2O2/c1-3-4-12-5-9-14(10-6-12)19-11(2)16(20)18-15(17(19)21)13-7-8-13/h11-15H,3-10H2,1-2H3,(H,18,20). The number of carbonyl (C=O) groups excluding carboxylic acids is 2. The molecule has 118 valence electrons. The van der Waals surface area contributed by atoms with Crippen LogP contribution < -0.4 is 5.32 Å². The Morgan fingerprint density at radius 1 is 1.10 bits per heavy atom. The van der Waals surface area contributed by atoms with E-state index < -0.39 is 0 Å². The van der Waals surface area contributed by atoms with Gasteiger partial charge in [0.15, 0.2) is 0 Å². The lowest BCUT2D eigenvalue weighted by Crippen LogP contribution is -2.65. The van der Waals surface area contributed by atoms with Crippen molar-refractivity contribution < 1.29 is 9.59 Å². The van der Waals surface area contributed by atoms with E-state index in [1.54, 1.807) is 0 Å². The van der Waals surface area contributed by atoms with Crippen LogP contribution in [0.25, 0.3) is 0 Å². The fourth-order valence-electron chi connectivity index (χ4n) is 4.18. The van der Waals surface area contributed by atoms with E-state index in [2.05, 4.69) is 12.2 Å². The molecule has 1 heterocycles. The van der Waals surface area contributed by atoms with E-state index in [0.717, 1.165) is 31.6 Å². The molecule has 1 aliphatic heterocycles. The SMILES string of the molecule is CCCC1CCC(N2C(=O)C(C3CC3)NC(=O)C2C)CC1. The number of hydrogen-bond acceptors (Lipinski definition) is 2. The first-order valence-electron chi connectivity index (χ1n) is 8.74. The number of nitrogens with one attached hydrogen (secondary N) is 1. The average Bonchev–Trinajstić information content (AvgIpc) is 3.30. The molecule has 2 aliphatic carbocycles. The molecular weight excluding hydrogens is 264 g/mol. The summed E-state index contributed by atoms with van der Waals surface area (Å²) in [5.74, 6) is 1.45. The first kappa shape index (κ1) is 14.9. The fraction of sp³-hybridized carbons (Fsp3) is 0.882. The molecule has 0 spiro atoms. The molecule has 2 saturated carbocycles. The highest BCUT2D eigenvalue weighted by molar-refractivity contribution is 5.97. The molecule has 2 unspecified atom stereocenters. The van der Waals surface area contributed by atoms with Crippen molar-refractivity contribution in [2.24, 2.45) is 11.8 Å². The van der Waals surface area contributed by atoms with Crippen LogP contribution >= 0.6 is 0 Å². The Morgan fingerprint density at radius 3 is 2.33 bits per heavy atom. The largest absolute Gasteiger partial charge is 0.342 e. The molecule has 4 heteroatoms. The first-order valence-corrected chi connectivity index (χ1v) is 8.74. The van der Waals surface area contributed by atoms with Crippen molar-refractivity contribution in [1.82, 2.24) is 10.2 Å². The molecule has 4 nitrogen and oxygen atoms in total. The highest BCUT2D eigenvalue weighted by atomic mass is 16.2. The molecule has 3 rings (SSSR count). The molecule has 0 aromatic heterocycles. The Balaban J connectivity index is 1.67. The van der Waals surface area contributed by atoms with Crippen LogP contribution in [0.4, 0.5) is 0 Å².